The molecule has 3 amide bonds. The molecule has 1 aliphatic rings. The highest BCUT2D eigenvalue weighted by Crippen LogP contribution is 2.45. The van der Waals surface area contributed by atoms with Crippen LogP contribution in [0.2, 0.25) is 0 Å². The van der Waals surface area contributed by atoms with Crippen molar-refractivity contribution in [1.82, 2.24) is 9.80 Å². The third kappa shape index (κ3) is 4.71. The topological polar surface area (TPSA) is 71.1 Å². The lowest BCUT2D eigenvalue weighted by atomic mass is 9.64. The minimum Gasteiger partial charge on any atom is -0.453 e. The Morgan fingerprint density at radius 3 is 2.37 bits per heavy atom. The summed E-state index contributed by atoms with van der Waals surface area (Å²) in [6, 6.07) is 7.44. The van der Waals surface area contributed by atoms with E-state index in [1.807, 2.05) is 38.2 Å². The minimum absolute atomic E-state index is 0.0651. The fraction of sp³-hybridized carbons (Fsp3) is 0.600. The van der Waals surface area contributed by atoms with Crippen LogP contribution in [0.5, 0.6) is 0 Å². The monoisotopic (exact) mass is 377 g/mol. The Hall–Kier alpha value is -2.28. The largest absolute Gasteiger partial charge is 0.453 e. The van der Waals surface area contributed by atoms with Crippen molar-refractivity contribution in [1.29, 1.82) is 0 Å². The number of carbonyl (C=O) groups is 2. The number of rotatable bonds is 6. The number of ether oxygens (including phenoxy) is 2. The van der Waals surface area contributed by atoms with Crippen LogP contribution < -0.4 is 5.32 Å². The molecule has 2 unspecified atom stereocenters. The van der Waals surface area contributed by atoms with Crippen LogP contribution in [-0.4, -0.2) is 61.9 Å². The van der Waals surface area contributed by atoms with Crippen molar-refractivity contribution in [3.63, 3.8) is 0 Å². The molecule has 0 aliphatic heterocycles. The van der Waals surface area contributed by atoms with Crippen LogP contribution in [-0.2, 0) is 16.0 Å². The molecule has 7 nitrogen and oxygen atoms in total. The molecule has 0 radical (unpaired) electrons. The summed E-state index contributed by atoms with van der Waals surface area (Å²) in [6.07, 6.45) is 0.653. The summed E-state index contributed by atoms with van der Waals surface area (Å²) in [7, 11) is 4.85. The van der Waals surface area contributed by atoms with E-state index in [1.165, 1.54) is 12.0 Å². The Balaban J connectivity index is 1.91. The van der Waals surface area contributed by atoms with Crippen LogP contribution in [0.25, 0.3) is 0 Å². The summed E-state index contributed by atoms with van der Waals surface area (Å²) in [6.45, 7) is 7.40. The van der Waals surface area contributed by atoms with Crippen molar-refractivity contribution in [2.45, 2.75) is 45.9 Å². The highest BCUT2D eigenvalue weighted by atomic mass is 16.5. The highest BCUT2D eigenvalue weighted by molar-refractivity contribution is 5.89. The van der Waals surface area contributed by atoms with Crippen LogP contribution >= 0.6 is 0 Å². The van der Waals surface area contributed by atoms with Gasteiger partial charge in [0.2, 0.25) is 0 Å². The van der Waals surface area contributed by atoms with Crippen molar-refractivity contribution in [3.8, 4) is 0 Å². The van der Waals surface area contributed by atoms with E-state index in [-0.39, 0.29) is 29.7 Å². The Labute approximate surface area is 161 Å². The average molecular weight is 377 g/mol. The number of benzene rings is 1. The number of hydrogen-bond acceptors (Lipinski definition) is 4. The van der Waals surface area contributed by atoms with E-state index in [0.717, 1.165) is 17.7 Å². The van der Waals surface area contributed by atoms with Gasteiger partial charge in [0.15, 0.2) is 0 Å². The predicted molar refractivity (Wildman–Crippen MR) is 105 cm³/mol. The lowest BCUT2D eigenvalue weighted by Gasteiger charge is -2.54. The lowest BCUT2D eigenvalue weighted by molar-refractivity contribution is -0.134. The summed E-state index contributed by atoms with van der Waals surface area (Å²) in [5.41, 5.74) is 1.61. The van der Waals surface area contributed by atoms with Crippen LogP contribution in [0.3, 0.4) is 0 Å². The molecular formula is C20H31N3O4. The van der Waals surface area contributed by atoms with E-state index in [1.54, 1.807) is 11.9 Å². The molecule has 0 bridgehead atoms. The van der Waals surface area contributed by atoms with Crippen LogP contribution in [0, 0.1) is 5.41 Å². The maximum Gasteiger partial charge on any atom is 0.409 e. The van der Waals surface area contributed by atoms with E-state index >= 15 is 0 Å². The van der Waals surface area contributed by atoms with Gasteiger partial charge < -0.3 is 24.6 Å². The molecule has 150 valence electrons. The molecular weight excluding hydrogens is 346 g/mol. The first-order chi connectivity index (χ1) is 12.7. The molecule has 1 N–H and O–H groups in total. The Bertz CT molecular complexity index is 660. The van der Waals surface area contributed by atoms with Crippen molar-refractivity contribution in [3.05, 3.63) is 29.8 Å². The van der Waals surface area contributed by atoms with Gasteiger partial charge >= 0.3 is 12.1 Å². The first kappa shape index (κ1) is 21.0. The Morgan fingerprint density at radius 1 is 1.22 bits per heavy atom. The summed E-state index contributed by atoms with van der Waals surface area (Å²) in [5, 5.41) is 2.93. The number of methoxy groups -OCH3 is 1. The molecule has 7 heteroatoms. The van der Waals surface area contributed by atoms with E-state index in [4.69, 9.17) is 4.74 Å². The van der Waals surface area contributed by atoms with E-state index in [2.05, 4.69) is 23.9 Å². The Kier molecular flexibility index (Phi) is 6.70. The van der Waals surface area contributed by atoms with Gasteiger partial charge in [0.05, 0.1) is 13.2 Å². The normalized spacial score (nSPS) is 20.4. The number of hydrogen-bond donors (Lipinski definition) is 1. The number of urea groups is 1. The van der Waals surface area contributed by atoms with Gasteiger partial charge in [-0.2, -0.15) is 0 Å². The quantitative estimate of drug-likeness (QED) is 0.823. The summed E-state index contributed by atoms with van der Waals surface area (Å²) in [4.78, 5) is 27.3. The molecule has 0 spiro atoms. The summed E-state index contributed by atoms with van der Waals surface area (Å²) >= 11 is 0. The molecule has 1 saturated carbocycles. The van der Waals surface area contributed by atoms with Gasteiger partial charge in [-0.3, -0.25) is 0 Å². The van der Waals surface area contributed by atoms with Crippen molar-refractivity contribution >= 4 is 17.8 Å². The van der Waals surface area contributed by atoms with Gasteiger partial charge in [-0.15, -0.1) is 0 Å². The van der Waals surface area contributed by atoms with E-state index in [9.17, 15) is 9.59 Å². The number of anilines is 1. The second-order valence-electron chi connectivity index (χ2n) is 7.58. The SMILES string of the molecule is CCOC1CC(N(C)C(=O)Nc2ccc(CN(C)C(=O)OC)cc2)C1(C)C. The number of amides is 3. The van der Waals surface area contributed by atoms with Gasteiger partial charge in [0.1, 0.15) is 0 Å². The molecule has 0 aromatic heterocycles. The first-order valence-corrected chi connectivity index (χ1v) is 9.24. The van der Waals surface area contributed by atoms with Crippen LogP contribution in [0.15, 0.2) is 24.3 Å². The fourth-order valence-corrected chi connectivity index (χ4v) is 3.55. The zero-order chi connectivity index (χ0) is 20.2. The second-order valence-corrected chi connectivity index (χ2v) is 7.58. The minimum atomic E-state index is -0.387. The summed E-state index contributed by atoms with van der Waals surface area (Å²) in [5.74, 6) is 0. The second kappa shape index (κ2) is 8.61. The third-order valence-electron chi connectivity index (χ3n) is 5.39. The highest BCUT2D eigenvalue weighted by Gasteiger charge is 2.51. The predicted octanol–water partition coefficient (Wildman–Crippen LogP) is 3.55. The smallest absolute Gasteiger partial charge is 0.409 e. The van der Waals surface area contributed by atoms with E-state index < -0.39 is 0 Å². The molecule has 1 aliphatic carbocycles. The molecule has 27 heavy (non-hydrogen) atoms. The lowest BCUT2D eigenvalue weighted by Crippen LogP contribution is -2.62. The van der Waals surface area contributed by atoms with Gasteiger partial charge in [-0.25, -0.2) is 9.59 Å². The van der Waals surface area contributed by atoms with Crippen molar-refractivity contribution in [2.75, 3.05) is 33.1 Å². The number of carbonyl (C=O) groups excluding carboxylic acids is 2. The zero-order valence-corrected chi connectivity index (χ0v) is 17.1. The first-order valence-electron chi connectivity index (χ1n) is 9.24. The molecule has 0 saturated heterocycles. The van der Waals surface area contributed by atoms with E-state index in [0.29, 0.717) is 13.2 Å². The molecule has 2 atom stereocenters. The number of nitrogens with one attached hydrogen (secondary N) is 1. The van der Waals surface area contributed by atoms with Gasteiger partial charge in [0.25, 0.3) is 0 Å². The third-order valence-corrected chi connectivity index (χ3v) is 5.39. The molecule has 1 aromatic rings. The van der Waals surface area contributed by atoms with Crippen molar-refractivity contribution < 1.29 is 19.1 Å². The standard InChI is InChI=1S/C20H31N3O4/c1-7-27-17-12-16(20(17,2)3)23(5)18(24)21-15-10-8-14(9-11-15)13-22(4)19(25)26-6/h8-11,16-17H,7,12-13H2,1-6H3,(H,21,24). The average Bonchev–Trinajstić information content (AvgIpc) is 2.65. The molecule has 1 aromatic carbocycles. The zero-order valence-electron chi connectivity index (χ0n) is 17.1. The number of nitrogens with zero attached hydrogens (tertiary/aromatic N) is 2. The van der Waals surface area contributed by atoms with Crippen molar-refractivity contribution in [2.24, 2.45) is 5.41 Å². The van der Waals surface area contributed by atoms with Crippen LogP contribution in [0.1, 0.15) is 32.8 Å². The van der Waals surface area contributed by atoms with Crippen LogP contribution in [0.4, 0.5) is 15.3 Å². The van der Waals surface area contributed by atoms with Gasteiger partial charge in [0, 0.05) is 44.4 Å². The molecule has 1 fully saturated rings. The van der Waals surface area contributed by atoms with Gasteiger partial charge in [-0.1, -0.05) is 26.0 Å². The maximum atomic E-state index is 12.6. The molecule has 2 rings (SSSR count). The fourth-order valence-electron chi connectivity index (χ4n) is 3.55. The summed E-state index contributed by atoms with van der Waals surface area (Å²) < 4.78 is 10.4. The maximum absolute atomic E-state index is 12.6. The molecule has 0 heterocycles. The van der Waals surface area contributed by atoms with Gasteiger partial charge in [-0.05, 0) is 31.0 Å². The Morgan fingerprint density at radius 2 is 1.85 bits per heavy atom.